The lowest BCUT2D eigenvalue weighted by atomic mass is 9.83. The van der Waals surface area contributed by atoms with E-state index in [1.54, 1.807) is 0 Å². The second kappa shape index (κ2) is 10.5. The van der Waals surface area contributed by atoms with Gasteiger partial charge in [0.1, 0.15) is 0 Å². The maximum atomic E-state index is 13.1. The van der Waals surface area contributed by atoms with Crippen molar-refractivity contribution in [2.45, 2.75) is 77.0 Å². The summed E-state index contributed by atoms with van der Waals surface area (Å²) in [5.41, 5.74) is 7.70. The molecule has 3 heterocycles. The van der Waals surface area contributed by atoms with Crippen LogP contribution < -0.4 is 9.46 Å². The highest BCUT2D eigenvalue weighted by molar-refractivity contribution is 7.90. The molecule has 0 spiro atoms. The van der Waals surface area contributed by atoms with Gasteiger partial charge in [0.05, 0.1) is 26.2 Å². The van der Waals surface area contributed by atoms with Crippen LogP contribution >= 0.6 is 0 Å². The second-order valence-electron chi connectivity index (χ2n) is 10.7. The average molecular weight is 538 g/mol. The van der Waals surface area contributed by atoms with E-state index in [-0.39, 0.29) is 23.3 Å². The molecule has 0 atom stereocenters. The lowest BCUT2D eigenvalue weighted by Gasteiger charge is -2.23. The van der Waals surface area contributed by atoms with Crippen molar-refractivity contribution in [2.24, 2.45) is 0 Å². The number of aryl methyl sites for hydroxylation is 1. The highest BCUT2D eigenvalue weighted by Crippen LogP contribution is 2.35. The number of rotatable bonds is 7. The SMILES string of the molecule is CC(C)c1cc(-c2ccc3c(c2)COCC3)cc(C(C)C)c1CC(=O)NS(=O)(=O)c1cc2n(n1)CCCO2. The summed E-state index contributed by atoms with van der Waals surface area (Å²) in [4.78, 5) is 13.1. The number of aromatic nitrogens is 2. The Labute approximate surface area is 224 Å². The van der Waals surface area contributed by atoms with Crippen molar-refractivity contribution < 1.29 is 22.7 Å². The summed E-state index contributed by atoms with van der Waals surface area (Å²) in [5.74, 6) is 0.103. The van der Waals surface area contributed by atoms with E-state index in [4.69, 9.17) is 9.47 Å². The molecule has 0 radical (unpaired) electrons. The van der Waals surface area contributed by atoms with Gasteiger partial charge in [0.2, 0.25) is 16.8 Å². The normalized spacial score (nSPS) is 15.2. The molecule has 0 bridgehead atoms. The standard InChI is InChI=1S/C29H35N3O5S/c1-18(2)24-13-22(21-7-6-20-8-11-36-17-23(20)12-21)14-25(19(3)4)26(24)15-27(33)31-38(34,35)28-16-29-32(30-28)9-5-10-37-29/h6-7,12-14,16,18-19H,5,8-11,15,17H2,1-4H3,(H,31,33). The van der Waals surface area contributed by atoms with Crippen molar-refractivity contribution in [2.75, 3.05) is 13.2 Å². The maximum absolute atomic E-state index is 13.1. The number of hydrogen-bond donors (Lipinski definition) is 1. The Hall–Kier alpha value is -3.17. The van der Waals surface area contributed by atoms with Crippen LogP contribution in [0.25, 0.3) is 11.1 Å². The van der Waals surface area contributed by atoms with E-state index in [1.807, 2.05) is 0 Å². The number of carbonyl (C=O) groups excluding carboxylic acids is 1. The van der Waals surface area contributed by atoms with Crippen LogP contribution in [0.1, 0.15) is 73.8 Å². The van der Waals surface area contributed by atoms with Crippen molar-refractivity contribution in [3.05, 3.63) is 64.2 Å². The molecule has 9 heteroatoms. The Bertz CT molecular complexity index is 1420. The van der Waals surface area contributed by atoms with Gasteiger partial charge in [-0.3, -0.25) is 4.79 Å². The van der Waals surface area contributed by atoms with E-state index in [9.17, 15) is 13.2 Å². The zero-order chi connectivity index (χ0) is 27.0. The molecule has 2 aliphatic heterocycles. The number of nitrogens with zero attached hydrogens (tertiary/aromatic N) is 2. The van der Waals surface area contributed by atoms with Crippen LogP contribution in [0.15, 0.2) is 41.4 Å². The highest BCUT2D eigenvalue weighted by atomic mass is 32.2. The lowest BCUT2D eigenvalue weighted by molar-refractivity contribution is -0.118. The van der Waals surface area contributed by atoms with Gasteiger partial charge in [0, 0.05) is 19.0 Å². The van der Waals surface area contributed by atoms with Gasteiger partial charge in [0.25, 0.3) is 10.0 Å². The first-order valence-electron chi connectivity index (χ1n) is 13.3. The van der Waals surface area contributed by atoms with Crippen molar-refractivity contribution >= 4 is 15.9 Å². The zero-order valence-electron chi connectivity index (χ0n) is 22.4. The Morgan fingerprint density at radius 2 is 1.74 bits per heavy atom. The van der Waals surface area contributed by atoms with Crippen LogP contribution in [0.3, 0.4) is 0 Å². The molecule has 2 aliphatic rings. The van der Waals surface area contributed by atoms with Gasteiger partial charge in [-0.1, -0.05) is 52.0 Å². The van der Waals surface area contributed by atoms with Gasteiger partial charge < -0.3 is 9.47 Å². The van der Waals surface area contributed by atoms with Crippen LogP contribution in [0, 0.1) is 0 Å². The molecular formula is C29H35N3O5S. The van der Waals surface area contributed by atoms with Gasteiger partial charge in [-0.05, 0) is 63.3 Å². The molecule has 1 aromatic heterocycles. The first-order chi connectivity index (χ1) is 18.1. The Kier molecular flexibility index (Phi) is 7.33. The molecule has 5 rings (SSSR count). The molecule has 1 N–H and O–H groups in total. The molecular weight excluding hydrogens is 502 g/mol. The fourth-order valence-corrected chi connectivity index (χ4v) is 6.18. The van der Waals surface area contributed by atoms with Gasteiger partial charge in [-0.2, -0.15) is 13.5 Å². The minimum Gasteiger partial charge on any atom is -0.478 e. The molecule has 2 aromatic carbocycles. The largest absolute Gasteiger partial charge is 0.478 e. The third-order valence-corrected chi connectivity index (χ3v) is 8.47. The van der Waals surface area contributed by atoms with Crippen LogP contribution in [0.5, 0.6) is 5.88 Å². The molecule has 3 aromatic rings. The predicted molar refractivity (Wildman–Crippen MR) is 145 cm³/mol. The lowest BCUT2D eigenvalue weighted by Crippen LogP contribution is -2.32. The van der Waals surface area contributed by atoms with Crippen molar-refractivity contribution in [1.29, 1.82) is 0 Å². The Balaban J connectivity index is 1.45. The highest BCUT2D eigenvalue weighted by Gasteiger charge is 2.26. The van der Waals surface area contributed by atoms with Gasteiger partial charge >= 0.3 is 0 Å². The molecule has 0 unspecified atom stereocenters. The summed E-state index contributed by atoms with van der Waals surface area (Å²) < 4.78 is 40.8. The summed E-state index contributed by atoms with van der Waals surface area (Å²) in [5, 5.41) is 3.92. The number of amides is 1. The minimum absolute atomic E-state index is 0.0391. The molecule has 8 nitrogen and oxygen atoms in total. The summed E-state index contributed by atoms with van der Waals surface area (Å²) >= 11 is 0. The van der Waals surface area contributed by atoms with E-state index in [1.165, 1.54) is 21.9 Å². The van der Waals surface area contributed by atoms with Crippen molar-refractivity contribution in [3.63, 3.8) is 0 Å². The molecule has 0 aliphatic carbocycles. The first-order valence-corrected chi connectivity index (χ1v) is 14.7. The fraction of sp³-hybridized carbons (Fsp3) is 0.448. The average Bonchev–Trinajstić information content (AvgIpc) is 3.33. The number of fused-ring (bicyclic) bond motifs is 2. The number of sulfonamides is 1. The van der Waals surface area contributed by atoms with E-state index in [0.29, 0.717) is 25.6 Å². The second-order valence-corrected chi connectivity index (χ2v) is 12.3. The molecule has 0 saturated carbocycles. The molecule has 38 heavy (non-hydrogen) atoms. The maximum Gasteiger partial charge on any atom is 0.283 e. The van der Waals surface area contributed by atoms with Crippen molar-refractivity contribution in [3.8, 4) is 17.0 Å². The number of ether oxygens (including phenoxy) is 2. The van der Waals surface area contributed by atoms with Crippen LogP contribution in [0.2, 0.25) is 0 Å². The summed E-state index contributed by atoms with van der Waals surface area (Å²) in [6.07, 6.45) is 1.64. The van der Waals surface area contributed by atoms with Gasteiger partial charge in [-0.25, -0.2) is 9.40 Å². The molecule has 0 saturated heterocycles. The first kappa shape index (κ1) is 26.4. The quantitative estimate of drug-likeness (QED) is 0.469. The zero-order valence-corrected chi connectivity index (χ0v) is 23.2. The van der Waals surface area contributed by atoms with E-state index in [0.717, 1.165) is 47.3 Å². The third kappa shape index (κ3) is 5.35. The molecule has 1 amide bonds. The van der Waals surface area contributed by atoms with Crippen LogP contribution in [-0.4, -0.2) is 37.3 Å². The number of carbonyl (C=O) groups is 1. The Morgan fingerprint density at radius 1 is 1.00 bits per heavy atom. The third-order valence-electron chi connectivity index (χ3n) is 7.22. The number of benzene rings is 2. The van der Waals surface area contributed by atoms with Gasteiger partial charge in [-0.15, -0.1) is 0 Å². The van der Waals surface area contributed by atoms with Crippen molar-refractivity contribution in [1.82, 2.24) is 14.5 Å². The van der Waals surface area contributed by atoms with E-state index in [2.05, 4.69) is 67.8 Å². The number of nitrogens with one attached hydrogen (secondary N) is 1. The fourth-order valence-electron chi connectivity index (χ4n) is 5.24. The van der Waals surface area contributed by atoms with Gasteiger partial charge in [0.15, 0.2) is 0 Å². The van der Waals surface area contributed by atoms with E-state index < -0.39 is 15.9 Å². The molecule has 202 valence electrons. The summed E-state index contributed by atoms with van der Waals surface area (Å²) in [6, 6.07) is 12.2. The smallest absolute Gasteiger partial charge is 0.283 e. The number of hydrogen-bond acceptors (Lipinski definition) is 6. The minimum atomic E-state index is -4.12. The topological polar surface area (TPSA) is 99.5 Å². The predicted octanol–water partition coefficient (Wildman–Crippen LogP) is 4.70. The Morgan fingerprint density at radius 3 is 2.42 bits per heavy atom. The van der Waals surface area contributed by atoms with Crippen LogP contribution in [0.4, 0.5) is 0 Å². The van der Waals surface area contributed by atoms with E-state index >= 15 is 0 Å². The monoisotopic (exact) mass is 537 g/mol. The van der Waals surface area contributed by atoms with Crippen LogP contribution in [-0.2, 0) is 45.5 Å². The molecule has 0 fully saturated rings. The summed E-state index contributed by atoms with van der Waals surface area (Å²) in [6.45, 7) is 10.9. The summed E-state index contributed by atoms with van der Waals surface area (Å²) in [7, 11) is -4.12.